The van der Waals surface area contributed by atoms with Crippen LogP contribution in [0.1, 0.15) is 42.7 Å². The highest BCUT2D eigenvalue weighted by atomic mass is 35.5. The van der Waals surface area contributed by atoms with Gasteiger partial charge in [0, 0.05) is 29.3 Å². The second kappa shape index (κ2) is 22.9. The molecule has 4 amide bonds. The highest BCUT2D eigenvalue weighted by Crippen LogP contribution is 2.29. The smallest absolute Gasteiger partial charge is 0.269 e. The largest absolute Gasteiger partial charge is 0.392 e. The quantitative estimate of drug-likeness (QED) is 0.0417. The van der Waals surface area contributed by atoms with Crippen molar-refractivity contribution in [2.75, 3.05) is 21.3 Å². The number of nitrogens with zero attached hydrogens (tertiary/aromatic N) is 6. The van der Waals surface area contributed by atoms with Crippen molar-refractivity contribution in [3.8, 4) is 11.4 Å². The summed E-state index contributed by atoms with van der Waals surface area (Å²) >= 11 is 6.87. The molecule has 8 rings (SSSR count). The summed E-state index contributed by atoms with van der Waals surface area (Å²) in [5, 5.41) is 20.0. The van der Waals surface area contributed by atoms with Crippen molar-refractivity contribution >= 4 is 115 Å². The number of rotatable bonds is 13. The normalized spacial score (nSPS) is 10.2. The number of aromatic nitrogens is 6. The Hall–Kier alpha value is -8.23. The minimum absolute atomic E-state index is 0. The van der Waals surface area contributed by atoms with Gasteiger partial charge in [0.05, 0.1) is 40.0 Å². The van der Waals surface area contributed by atoms with Crippen LogP contribution in [0.3, 0.4) is 0 Å². The van der Waals surface area contributed by atoms with E-state index in [0.717, 1.165) is 40.9 Å². The third-order valence-electron chi connectivity index (χ3n) is 8.77. The fourth-order valence-electron chi connectivity index (χ4n) is 5.91. The zero-order valence-electron chi connectivity index (χ0n) is 33.8. The summed E-state index contributed by atoms with van der Waals surface area (Å²) in [6.45, 7) is 9.87. The summed E-state index contributed by atoms with van der Waals surface area (Å²) in [6.07, 6.45) is 7.25. The second-order valence-electron chi connectivity index (χ2n) is 13.0. The van der Waals surface area contributed by atoms with E-state index in [-0.39, 0.29) is 43.6 Å². The molecule has 0 radical (unpaired) electrons. The summed E-state index contributed by atoms with van der Waals surface area (Å²) in [6, 6.07) is 27.9. The van der Waals surface area contributed by atoms with E-state index < -0.39 is 5.24 Å². The molecule has 4 heterocycles. The number of hydrogen-bond acceptors (Lipinski definition) is 13. The number of aliphatic hydroxyl groups is 1. The lowest BCUT2D eigenvalue weighted by Crippen LogP contribution is -2.14. The van der Waals surface area contributed by atoms with E-state index in [9.17, 15) is 33.9 Å². The van der Waals surface area contributed by atoms with Crippen LogP contribution in [-0.2, 0) is 21.0 Å². The van der Waals surface area contributed by atoms with Gasteiger partial charge in [0.15, 0.2) is 0 Å². The van der Waals surface area contributed by atoms with Gasteiger partial charge in [0.1, 0.15) is 16.0 Å². The van der Waals surface area contributed by atoms with Gasteiger partial charge in [-0.3, -0.25) is 48.5 Å². The van der Waals surface area contributed by atoms with Gasteiger partial charge in [0.2, 0.25) is 29.0 Å². The summed E-state index contributed by atoms with van der Waals surface area (Å²) in [7, 11) is 0. The molecule has 66 heavy (non-hydrogen) atoms. The molecule has 0 spiro atoms. The van der Waals surface area contributed by atoms with Gasteiger partial charge in [-0.2, -0.15) is 0 Å². The van der Waals surface area contributed by atoms with Crippen molar-refractivity contribution in [3.05, 3.63) is 168 Å². The van der Waals surface area contributed by atoms with Gasteiger partial charge in [-0.05, 0) is 137 Å². The van der Waals surface area contributed by atoms with E-state index in [4.69, 9.17) is 11.6 Å². The molecular formula is C46H39ClN10O7S2. The summed E-state index contributed by atoms with van der Waals surface area (Å²) < 4.78 is 11.4. The van der Waals surface area contributed by atoms with E-state index in [1.54, 1.807) is 100 Å². The van der Waals surface area contributed by atoms with Crippen LogP contribution in [0.5, 0.6) is 0 Å². The molecule has 0 aliphatic heterocycles. The molecule has 17 nitrogen and oxygen atoms in total. The zero-order chi connectivity index (χ0) is 46.5. The van der Waals surface area contributed by atoms with Crippen molar-refractivity contribution < 1.29 is 33.9 Å². The minimum atomic E-state index is -0.509. The Labute approximate surface area is 390 Å². The first-order valence-corrected chi connectivity index (χ1v) is 20.8. The number of anilines is 4. The zero-order valence-corrected chi connectivity index (χ0v) is 36.2. The Bertz CT molecular complexity index is 3090. The van der Waals surface area contributed by atoms with Gasteiger partial charge < -0.3 is 15.7 Å². The molecule has 0 saturated carbocycles. The molecular weight excluding hydrogens is 904 g/mol. The maximum atomic E-state index is 12.6. The first-order valence-electron chi connectivity index (χ1n) is 18.9. The maximum absolute atomic E-state index is 12.6. The van der Waals surface area contributed by atoms with E-state index in [1.165, 1.54) is 12.2 Å². The lowest BCUT2D eigenvalue weighted by molar-refractivity contribution is -0.112. The molecule has 0 aliphatic carbocycles. The number of hydrogen-bond donors (Lipinski definition) is 5. The van der Waals surface area contributed by atoms with Crippen LogP contribution in [0.4, 0.5) is 23.3 Å². The Morgan fingerprint density at radius 3 is 1.52 bits per heavy atom. The van der Waals surface area contributed by atoms with Crippen LogP contribution >= 0.6 is 34.7 Å². The Morgan fingerprint density at radius 2 is 1.11 bits per heavy atom. The second-order valence-corrected chi connectivity index (χ2v) is 15.1. The number of amides is 4. The highest BCUT2D eigenvalue weighted by molar-refractivity contribution is 7.08. The number of benzene rings is 4. The van der Waals surface area contributed by atoms with Gasteiger partial charge in [-0.15, -0.1) is 0 Å². The fraction of sp³-hybridized carbons (Fsp3) is 0.0435. The number of aliphatic hydroxyl groups excluding tert-OH is 1. The van der Waals surface area contributed by atoms with Gasteiger partial charge in [-0.25, -0.2) is 18.7 Å². The topological polar surface area (TPSA) is 232 Å². The lowest BCUT2D eigenvalue weighted by Gasteiger charge is -2.12. The molecule has 20 heteroatoms. The summed E-state index contributed by atoms with van der Waals surface area (Å²) in [5.74, 6) is -0.747. The average molecular weight is 943 g/mol. The minimum Gasteiger partial charge on any atom is -0.392 e. The van der Waals surface area contributed by atoms with Gasteiger partial charge in [-0.1, -0.05) is 45.4 Å². The lowest BCUT2D eigenvalue weighted by atomic mass is 10.2. The monoisotopic (exact) mass is 942 g/mol. The molecule has 334 valence electrons. The fourth-order valence-corrected chi connectivity index (χ4v) is 6.89. The van der Waals surface area contributed by atoms with Crippen molar-refractivity contribution in [1.82, 2.24) is 27.8 Å². The van der Waals surface area contributed by atoms with Crippen LogP contribution in [0.15, 0.2) is 147 Å². The van der Waals surface area contributed by atoms with Crippen molar-refractivity contribution in [2.24, 2.45) is 0 Å². The molecule has 0 fully saturated rings. The van der Waals surface area contributed by atoms with Crippen LogP contribution in [0.2, 0.25) is 0 Å². The molecule has 0 bridgehead atoms. The predicted molar refractivity (Wildman–Crippen MR) is 259 cm³/mol. The van der Waals surface area contributed by atoms with E-state index in [2.05, 4.69) is 59.7 Å². The van der Waals surface area contributed by atoms with Crippen LogP contribution in [0, 0.1) is 0 Å². The first kappa shape index (κ1) is 48.8. The SMILES string of the molecule is C.C=CC(=O)Cl.C=CC(=O)Nc1cccc(-n2c(NC(=O)c3ccns3)nc3cc(C=O)ccc32)c1.C=CC(=O)Nc1cccc(-n2c(NC(=O)c3ccns3)nc3cc(CO)ccc32)c1. The molecule has 0 unspecified atom stereocenters. The molecule has 4 aromatic carbocycles. The molecule has 8 aromatic rings. The number of carbonyl (C=O) groups is 6. The molecule has 0 saturated heterocycles. The third kappa shape index (κ3) is 12.1. The van der Waals surface area contributed by atoms with Gasteiger partial charge >= 0.3 is 0 Å². The standard InChI is InChI=1S/C21H17N5O3S.C21H15N5O3S.C3H3ClO.CH4/c2*1-2-19(28)23-14-4-3-5-15(11-14)26-17-7-6-13(12-27)10-16(17)24-21(26)25-20(29)18-8-9-22-30-18;1-2-3(4)5;/h2-11,27H,1,12H2,(H,23,28)(H,24,25,29);2-12H,1H2,(H,23,28)(H,24,25,29);2H,1H2;1H4. The number of allylic oxidation sites excluding steroid dienone is 1. The Morgan fingerprint density at radius 1 is 0.636 bits per heavy atom. The first-order chi connectivity index (χ1) is 31.4. The van der Waals surface area contributed by atoms with E-state index >= 15 is 0 Å². The van der Waals surface area contributed by atoms with Crippen LogP contribution < -0.4 is 21.3 Å². The Balaban J connectivity index is 0.000000222. The number of imidazole rings is 2. The maximum Gasteiger partial charge on any atom is 0.269 e. The number of nitrogens with one attached hydrogen (secondary N) is 4. The summed E-state index contributed by atoms with van der Waals surface area (Å²) in [5.41, 5.74) is 6.25. The van der Waals surface area contributed by atoms with E-state index in [0.29, 0.717) is 66.1 Å². The van der Waals surface area contributed by atoms with E-state index in [1.807, 2.05) is 18.2 Å². The van der Waals surface area contributed by atoms with Crippen LogP contribution in [-0.4, -0.2) is 68.1 Å². The van der Waals surface area contributed by atoms with Gasteiger partial charge in [0.25, 0.3) is 11.8 Å². The molecule has 0 aliphatic rings. The number of halogens is 1. The summed E-state index contributed by atoms with van der Waals surface area (Å²) in [4.78, 5) is 79.1. The van der Waals surface area contributed by atoms with Crippen molar-refractivity contribution in [1.29, 1.82) is 0 Å². The average Bonchev–Trinajstić information content (AvgIpc) is 4.16. The predicted octanol–water partition coefficient (Wildman–Crippen LogP) is 8.60. The number of aldehydes is 1. The van der Waals surface area contributed by atoms with Crippen molar-refractivity contribution in [2.45, 2.75) is 14.0 Å². The third-order valence-corrected chi connectivity index (χ3v) is 10.4. The number of fused-ring (bicyclic) bond motifs is 2. The number of carbonyl (C=O) groups excluding carboxylic acids is 6. The highest BCUT2D eigenvalue weighted by Gasteiger charge is 2.19. The van der Waals surface area contributed by atoms with Crippen molar-refractivity contribution in [3.63, 3.8) is 0 Å². The Kier molecular flexibility index (Phi) is 16.9. The molecule has 4 aromatic heterocycles. The van der Waals surface area contributed by atoms with Crippen LogP contribution in [0.25, 0.3) is 33.4 Å². The molecule has 0 atom stereocenters. The molecule has 5 N–H and O–H groups in total.